The van der Waals surface area contributed by atoms with Crippen LogP contribution in [0.15, 0.2) is 0 Å². The SMILES string of the molecule is CCCN(C)CCN(CCOC(=O)O)C(C)C. The van der Waals surface area contributed by atoms with E-state index in [1.165, 1.54) is 0 Å². The molecule has 0 aliphatic heterocycles. The molecule has 102 valence electrons. The summed E-state index contributed by atoms with van der Waals surface area (Å²) in [4.78, 5) is 14.8. The van der Waals surface area contributed by atoms with E-state index < -0.39 is 6.16 Å². The molecule has 0 aromatic rings. The topological polar surface area (TPSA) is 53.0 Å². The van der Waals surface area contributed by atoms with Gasteiger partial charge in [0.25, 0.3) is 0 Å². The van der Waals surface area contributed by atoms with Crippen molar-refractivity contribution in [3.8, 4) is 0 Å². The van der Waals surface area contributed by atoms with Gasteiger partial charge in [-0.3, -0.25) is 4.90 Å². The van der Waals surface area contributed by atoms with Crippen LogP contribution in [0, 0.1) is 0 Å². The molecule has 1 N–H and O–H groups in total. The maximum absolute atomic E-state index is 10.3. The minimum absolute atomic E-state index is 0.241. The number of hydrogen-bond acceptors (Lipinski definition) is 4. The van der Waals surface area contributed by atoms with Crippen LogP contribution in [0.1, 0.15) is 27.2 Å². The molecule has 0 rings (SSSR count). The normalized spacial score (nSPS) is 11.5. The molecular weight excluding hydrogens is 220 g/mol. The molecule has 0 saturated carbocycles. The number of hydrogen-bond donors (Lipinski definition) is 1. The lowest BCUT2D eigenvalue weighted by Gasteiger charge is -2.28. The van der Waals surface area contributed by atoms with Crippen LogP contribution in [0.5, 0.6) is 0 Å². The van der Waals surface area contributed by atoms with Crippen molar-refractivity contribution in [1.82, 2.24) is 9.80 Å². The third-order valence-corrected chi connectivity index (χ3v) is 2.71. The van der Waals surface area contributed by atoms with E-state index in [2.05, 4.69) is 42.4 Å². The van der Waals surface area contributed by atoms with Gasteiger partial charge in [-0.1, -0.05) is 6.92 Å². The quantitative estimate of drug-likeness (QED) is 0.628. The summed E-state index contributed by atoms with van der Waals surface area (Å²) in [6.07, 6.45) is -0.0443. The highest BCUT2D eigenvalue weighted by Crippen LogP contribution is 1.99. The molecule has 5 heteroatoms. The van der Waals surface area contributed by atoms with E-state index in [9.17, 15) is 4.79 Å². The molecule has 0 radical (unpaired) electrons. The summed E-state index contributed by atoms with van der Waals surface area (Å²) in [5.74, 6) is 0. The molecule has 5 nitrogen and oxygen atoms in total. The molecule has 17 heavy (non-hydrogen) atoms. The van der Waals surface area contributed by atoms with Crippen LogP contribution < -0.4 is 0 Å². The second-order valence-electron chi connectivity index (χ2n) is 4.55. The van der Waals surface area contributed by atoms with E-state index in [-0.39, 0.29) is 6.61 Å². The van der Waals surface area contributed by atoms with Gasteiger partial charge in [0.1, 0.15) is 6.61 Å². The fraction of sp³-hybridized carbons (Fsp3) is 0.917. The lowest BCUT2D eigenvalue weighted by atomic mass is 10.3. The van der Waals surface area contributed by atoms with Crippen molar-refractivity contribution >= 4 is 6.16 Å². The van der Waals surface area contributed by atoms with Crippen molar-refractivity contribution in [3.05, 3.63) is 0 Å². The third-order valence-electron chi connectivity index (χ3n) is 2.71. The van der Waals surface area contributed by atoms with Crippen LogP contribution in [-0.4, -0.2) is 66.9 Å². The molecule has 0 aromatic heterocycles. The average Bonchev–Trinajstić information content (AvgIpc) is 2.22. The zero-order chi connectivity index (χ0) is 13.3. The molecule has 0 atom stereocenters. The molecule has 0 saturated heterocycles. The van der Waals surface area contributed by atoms with Crippen molar-refractivity contribution < 1.29 is 14.6 Å². The third kappa shape index (κ3) is 8.94. The summed E-state index contributed by atoms with van der Waals surface area (Å²) < 4.78 is 4.54. The molecule has 0 spiro atoms. The first-order chi connectivity index (χ1) is 7.97. The number of likely N-dealkylation sites (N-methyl/N-ethyl adjacent to an activating group) is 1. The van der Waals surface area contributed by atoms with Gasteiger partial charge in [-0.05, 0) is 33.9 Å². The largest absolute Gasteiger partial charge is 0.505 e. The summed E-state index contributed by atoms with van der Waals surface area (Å²) >= 11 is 0. The fourth-order valence-corrected chi connectivity index (χ4v) is 1.67. The molecule has 0 unspecified atom stereocenters. The van der Waals surface area contributed by atoms with Crippen LogP contribution in [0.25, 0.3) is 0 Å². The van der Waals surface area contributed by atoms with E-state index >= 15 is 0 Å². The Bertz CT molecular complexity index is 210. The Morgan fingerprint density at radius 3 is 2.35 bits per heavy atom. The number of rotatable bonds is 9. The molecule has 0 aromatic carbocycles. The average molecular weight is 246 g/mol. The fourth-order valence-electron chi connectivity index (χ4n) is 1.67. The van der Waals surface area contributed by atoms with Gasteiger partial charge in [0.15, 0.2) is 0 Å². The molecule has 0 aliphatic rings. The maximum atomic E-state index is 10.3. The van der Waals surface area contributed by atoms with Gasteiger partial charge in [-0.15, -0.1) is 0 Å². The van der Waals surface area contributed by atoms with Gasteiger partial charge >= 0.3 is 6.16 Å². The first-order valence-electron chi connectivity index (χ1n) is 6.25. The van der Waals surface area contributed by atoms with E-state index in [1.54, 1.807) is 0 Å². The summed E-state index contributed by atoms with van der Waals surface area (Å²) in [6.45, 7) is 10.3. The Hall–Kier alpha value is -0.810. The number of ether oxygens (including phenoxy) is 1. The molecule has 0 amide bonds. The van der Waals surface area contributed by atoms with Crippen LogP contribution in [0.3, 0.4) is 0 Å². The highest BCUT2D eigenvalue weighted by atomic mass is 16.7. The van der Waals surface area contributed by atoms with Crippen molar-refractivity contribution in [1.29, 1.82) is 0 Å². The second kappa shape index (κ2) is 9.24. The van der Waals surface area contributed by atoms with Crippen LogP contribution in [-0.2, 0) is 4.74 Å². The van der Waals surface area contributed by atoms with Gasteiger partial charge in [0.05, 0.1) is 0 Å². The highest BCUT2D eigenvalue weighted by molar-refractivity contribution is 5.56. The van der Waals surface area contributed by atoms with E-state index in [0.717, 1.165) is 26.1 Å². The smallest absolute Gasteiger partial charge is 0.450 e. The molecular formula is C12H26N2O3. The minimum Gasteiger partial charge on any atom is -0.450 e. The lowest BCUT2D eigenvalue weighted by molar-refractivity contribution is 0.0734. The van der Waals surface area contributed by atoms with Gasteiger partial charge in [0.2, 0.25) is 0 Å². The minimum atomic E-state index is -1.20. The zero-order valence-corrected chi connectivity index (χ0v) is 11.5. The van der Waals surface area contributed by atoms with Gasteiger partial charge in [-0.2, -0.15) is 0 Å². The van der Waals surface area contributed by atoms with Crippen LogP contribution in [0.2, 0.25) is 0 Å². The highest BCUT2D eigenvalue weighted by Gasteiger charge is 2.10. The zero-order valence-electron chi connectivity index (χ0n) is 11.5. The number of nitrogens with zero attached hydrogens (tertiary/aromatic N) is 2. The molecule has 0 bridgehead atoms. The van der Waals surface area contributed by atoms with Crippen molar-refractivity contribution in [2.75, 3.05) is 39.8 Å². The van der Waals surface area contributed by atoms with Crippen molar-refractivity contribution in [3.63, 3.8) is 0 Å². The Morgan fingerprint density at radius 2 is 1.88 bits per heavy atom. The first-order valence-corrected chi connectivity index (χ1v) is 6.25. The predicted molar refractivity (Wildman–Crippen MR) is 68.5 cm³/mol. The molecule has 0 aliphatic carbocycles. The van der Waals surface area contributed by atoms with Crippen LogP contribution in [0.4, 0.5) is 4.79 Å². The van der Waals surface area contributed by atoms with Gasteiger partial charge in [-0.25, -0.2) is 4.79 Å². The Balaban J connectivity index is 3.86. The summed E-state index contributed by atoms with van der Waals surface area (Å²) in [5.41, 5.74) is 0. The van der Waals surface area contributed by atoms with E-state index in [4.69, 9.17) is 5.11 Å². The summed E-state index contributed by atoms with van der Waals surface area (Å²) in [7, 11) is 2.11. The van der Waals surface area contributed by atoms with Gasteiger partial charge in [0, 0.05) is 25.7 Å². The predicted octanol–water partition coefficient (Wildman–Crippen LogP) is 1.73. The standard InChI is InChI=1S/C12H26N2O3/c1-5-6-13(4)7-8-14(11(2)3)9-10-17-12(15)16/h11H,5-10H2,1-4H3,(H,15,16). The monoisotopic (exact) mass is 246 g/mol. The van der Waals surface area contributed by atoms with Gasteiger partial charge < -0.3 is 14.7 Å². The first kappa shape index (κ1) is 16.2. The molecule has 0 heterocycles. The maximum Gasteiger partial charge on any atom is 0.505 e. The van der Waals surface area contributed by atoms with Crippen molar-refractivity contribution in [2.45, 2.75) is 33.2 Å². The Labute approximate surface area is 104 Å². The summed E-state index contributed by atoms with van der Waals surface area (Å²) in [6, 6.07) is 0.405. The molecule has 0 fully saturated rings. The number of carboxylic acid groups (broad SMARTS) is 1. The Morgan fingerprint density at radius 1 is 1.24 bits per heavy atom. The van der Waals surface area contributed by atoms with Crippen molar-refractivity contribution in [2.24, 2.45) is 0 Å². The number of carbonyl (C=O) groups is 1. The Kier molecular flexibility index (Phi) is 8.80. The summed E-state index contributed by atoms with van der Waals surface area (Å²) in [5, 5.41) is 8.40. The van der Waals surface area contributed by atoms with E-state index in [0.29, 0.717) is 12.6 Å². The second-order valence-corrected chi connectivity index (χ2v) is 4.55. The lowest BCUT2D eigenvalue weighted by Crippen LogP contribution is -2.39. The van der Waals surface area contributed by atoms with E-state index in [1.807, 2.05) is 0 Å². The van der Waals surface area contributed by atoms with Crippen LogP contribution >= 0.6 is 0 Å².